The molecule has 1 saturated carbocycles. The Labute approximate surface area is 122 Å². The van der Waals surface area contributed by atoms with E-state index in [1.807, 2.05) is 0 Å². The SMILES string of the molecule is CC1Cc2ccccc2N1CC1CCCC(C)(C)C1=O. The number of hydrogen-bond donors (Lipinski definition) is 0. The molecule has 0 spiro atoms. The van der Waals surface area contributed by atoms with E-state index in [1.54, 1.807) is 0 Å². The Morgan fingerprint density at radius 1 is 1.30 bits per heavy atom. The van der Waals surface area contributed by atoms with Gasteiger partial charge in [-0.05, 0) is 37.8 Å². The number of carbonyl (C=O) groups is 1. The molecule has 2 unspecified atom stereocenters. The van der Waals surface area contributed by atoms with Gasteiger partial charge in [-0.25, -0.2) is 0 Å². The molecule has 0 aromatic heterocycles. The maximum Gasteiger partial charge on any atom is 0.143 e. The Morgan fingerprint density at radius 2 is 2.05 bits per heavy atom. The molecule has 3 rings (SSSR count). The van der Waals surface area contributed by atoms with Crippen LogP contribution in [0.5, 0.6) is 0 Å². The van der Waals surface area contributed by atoms with Crippen LogP contribution in [0.25, 0.3) is 0 Å². The molecule has 2 heteroatoms. The molecular weight excluding hydrogens is 246 g/mol. The number of carbonyl (C=O) groups excluding carboxylic acids is 1. The van der Waals surface area contributed by atoms with Crippen LogP contribution in [0.2, 0.25) is 0 Å². The van der Waals surface area contributed by atoms with Crippen LogP contribution in [0.15, 0.2) is 24.3 Å². The van der Waals surface area contributed by atoms with Gasteiger partial charge in [-0.15, -0.1) is 0 Å². The van der Waals surface area contributed by atoms with Gasteiger partial charge >= 0.3 is 0 Å². The highest BCUT2D eigenvalue weighted by Gasteiger charge is 2.39. The minimum Gasteiger partial charge on any atom is -0.368 e. The molecule has 2 nitrogen and oxygen atoms in total. The molecule has 1 aromatic rings. The molecule has 2 atom stereocenters. The Morgan fingerprint density at radius 3 is 2.85 bits per heavy atom. The van der Waals surface area contributed by atoms with Crippen LogP contribution >= 0.6 is 0 Å². The maximum atomic E-state index is 12.6. The van der Waals surface area contributed by atoms with Crippen LogP contribution in [0.3, 0.4) is 0 Å². The lowest BCUT2D eigenvalue weighted by atomic mass is 9.71. The van der Waals surface area contributed by atoms with E-state index in [1.165, 1.54) is 17.7 Å². The highest BCUT2D eigenvalue weighted by Crippen LogP contribution is 2.38. The summed E-state index contributed by atoms with van der Waals surface area (Å²) in [4.78, 5) is 15.1. The van der Waals surface area contributed by atoms with Gasteiger partial charge in [0, 0.05) is 29.6 Å². The molecule has 1 fully saturated rings. The predicted octanol–water partition coefficient (Wildman–Crippen LogP) is 3.83. The van der Waals surface area contributed by atoms with E-state index in [2.05, 4.69) is 49.9 Å². The van der Waals surface area contributed by atoms with Crippen molar-refractivity contribution in [3.63, 3.8) is 0 Å². The van der Waals surface area contributed by atoms with Crippen LogP contribution in [-0.2, 0) is 11.2 Å². The van der Waals surface area contributed by atoms with E-state index in [0.29, 0.717) is 11.8 Å². The monoisotopic (exact) mass is 271 g/mol. The summed E-state index contributed by atoms with van der Waals surface area (Å²) in [5.41, 5.74) is 2.66. The van der Waals surface area contributed by atoms with Gasteiger partial charge in [0.05, 0.1) is 0 Å². The second-order valence-electron chi connectivity index (χ2n) is 7.17. The molecule has 0 amide bonds. The van der Waals surface area contributed by atoms with Crippen molar-refractivity contribution in [2.45, 2.75) is 52.5 Å². The van der Waals surface area contributed by atoms with E-state index < -0.39 is 0 Å². The molecule has 20 heavy (non-hydrogen) atoms. The molecule has 0 radical (unpaired) electrons. The average Bonchev–Trinajstić information content (AvgIpc) is 2.71. The Kier molecular flexibility index (Phi) is 3.35. The number of anilines is 1. The van der Waals surface area contributed by atoms with Crippen molar-refractivity contribution in [3.05, 3.63) is 29.8 Å². The van der Waals surface area contributed by atoms with Crippen molar-refractivity contribution in [3.8, 4) is 0 Å². The first-order chi connectivity index (χ1) is 9.49. The second kappa shape index (κ2) is 4.91. The molecule has 0 bridgehead atoms. The van der Waals surface area contributed by atoms with Crippen LogP contribution in [0.1, 0.15) is 45.6 Å². The Hall–Kier alpha value is -1.31. The van der Waals surface area contributed by atoms with Crippen LogP contribution in [0.4, 0.5) is 5.69 Å². The van der Waals surface area contributed by atoms with E-state index >= 15 is 0 Å². The summed E-state index contributed by atoms with van der Waals surface area (Å²) in [5, 5.41) is 0. The topological polar surface area (TPSA) is 20.3 Å². The molecule has 0 N–H and O–H groups in total. The maximum absolute atomic E-state index is 12.6. The lowest BCUT2D eigenvalue weighted by Gasteiger charge is -2.37. The van der Waals surface area contributed by atoms with Gasteiger partial charge in [0.1, 0.15) is 5.78 Å². The molecule has 1 aliphatic heterocycles. The van der Waals surface area contributed by atoms with Gasteiger partial charge in [-0.2, -0.15) is 0 Å². The zero-order valence-corrected chi connectivity index (χ0v) is 12.9. The fourth-order valence-corrected chi connectivity index (χ4v) is 3.92. The van der Waals surface area contributed by atoms with Crippen molar-refractivity contribution >= 4 is 11.5 Å². The van der Waals surface area contributed by atoms with Gasteiger partial charge in [-0.3, -0.25) is 4.79 Å². The normalized spacial score (nSPS) is 28.6. The quantitative estimate of drug-likeness (QED) is 0.814. The van der Waals surface area contributed by atoms with Gasteiger partial charge in [0.25, 0.3) is 0 Å². The van der Waals surface area contributed by atoms with Crippen molar-refractivity contribution in [1.29, 1.82) is 0 Å². The lowest BCUT2D eigenvalue weighted by molar-refractivity contribution is -0.133. The third kappa shape index (κ3) is 2.25. The van der Waals surface area contributed by atoms with E-state index in [9.17, 15) is 4.79 Å². The van der Waals surface area contributed by atoms with Gasteiger partial charge in [0.2, 0.25) is 0 Å². The summed E-state index contributed by atoms with van der Waals surface area (Å²) in [5.74, 6) is 0.688. The second-order valence-corrected chi connectivity index (χ2v) is 7.17. The summed E-state index contributed by atoms with van der Waals surface area (Å²) in [6, 6.07) is 9.17. The summed E-state index contributed by atoms with van der Waals surface area (Å²) >= 11 is 0. The number of fused-ring (bicyclic) bond motifs is 1. The minimum atomic E-state index is -0.120. The van der Waals surface area contributed by atoms with Gasteiger partial charge in [0.15, 0.2) is 0 Å². The smallest absolute Gasteiger partial charge is 0.143 e. The minimum absolute atomic E-state index is 0.120. The van der Waals surface area contributed by atoms with E-state index in [-0.39, 0.29) is 11.3 Å². The summed E-state index contributed by atoms with van der Waals surface area (Å²) in [6.07, 6.45) is 4.41. The number of nitrogens with zero attached hydrogens (tertiary/aromatic N) is 1. The third-order valence-corrected chi connectivity index (χ3v) is 5.16. The van der Waals surface area contributed by atoms with Crippen molar-refractivity contribution < 1.29 is 4.79 Å². The zero-order chi connectivity index (χ0) is 14.3. The lowest BCUT2D eigenvalue weighted by Crippen LogP contribution is -2.43. The molecule has 1 aliphatic carbocycles. The Bertz CT molecular complexity index is 520. The zero-order valence-electron chi connectivity index (χ0n) is 12.9. The Balaban J connectivity index is 1.80. The van der Waals surface area contributed by atoms with Gasteiger partial charge in [-0.1, -0.05) is 38.5 Å². The standard InChI is InChI=1S/C18H25NO/c1-13-11-14-7-4-5-9-16(14)19(13)12-15-8-6-10-18(2,3)17(15)20/h4-5,7,9,13,15H,6,8,10-12H2,1-3H3. The van der Waals surface area contributed by atoms with E-state index in [0.717, 1.165) is 25.8 Å². The first-order valence-corrected chi connectivity index (χ1v) is 7.88. The largest absolute Gasteiger partial charge is 0.368 e. The van der Waals surface area contributed by atoms with Crippen molar-refractivity contribution in [2.75, 3.05) is 11.4 Å². The van der Waals surface area contributed by atoms with Crippen LogP contribution in [-0.4, -0.2) is 18.4 Å². The van der Waals surface area contributed by atoms with E-state index in [4.69, 9.17) is 0 Å². The first kappa shape index (κ1) is 13.7. The summed E-state index contributed by atoms with van der Waals surface area (Å²) in [6.45, 7) is 7.41. The molecule has 1 aromatic carbocycles. The van der Waals surface area contributed by atoms with Crippen molar-refractivity contribution in [2.24, 2.45) is 11.3 Å². The summed E-state index contributed by atoms with van der Waals surface area (Å²) in [7, 11) is 0. The number of Topliss-reactive ketones (excluding diaryl/α,β-unsaturated/α-hetero) is 1. The van der Waals surface area contributed by atoms with Crippen LogP contribution < -0.4 is 4.90 Å². The van der Waals surface area contributed by atoms with Crippen LogP contribution in [0, 0.1) is 11.3 Å². The molecule has 1 heterocycles. The first-order valence-electron chi connectivity index (χ1n) is 7.88. The number of rotatable bonds is 2. The highest BCUT2D eigenvalue weighted by atomic mass is 16.1. The average molecular weight is 271 g/mol. The number of para-hydroxylation sites is 1. The molecule has 108 valence electrons. The number of hydrogen-bond acceptors (Lipinski definition) is 2. The number of ketones is 1. The molecular formula is C18H25NO. The number of benzene rings is 1. The van der Waals surface area contributed by atoms with Gasteiger partial charge < -0.3 is 4.90 Å². The fraction of sp³-hybridized carbons (Fsp3) is 0.611. The highest BCUT2D eigenvalue weighted by molar-refractivity contribution is 5.87. The third-order valence-electron chi connectivity index (χ3n) is 5.16. The van der Waals surface area contributed by atoms with Crippen molar-refractivity contribution in [1.82, 2.24) is 0 Å². The molecule has 0 saturated heterocycles. The summed E-state index contributed by atoms with van der Waals surface area (Å²) < 4.78 is 0. The predicted molar refractivity (Wildman–Crippen MR) is 83.1 cm³/mol. The molecule has 2 aliphatic rings. The fourth-order valence-electron chi connectivity index (χ4n) is 3.92.